The number of carbonyl (C=O) groups is 1. The smallest absolute Gasteiger partial charge is 0.349 e. The van der Waals surface area contributed by atoms with Gasteiger partial charge in [-0.05, 0) is 30.3 Å². The summed E-state index contributed by atoms with van der Waals surface area (Å²) in [6.45, 7) is 25.1. The van der Waals surface area contributed by atoms with E-state index in [0.717, 1.165) is 5.69 Å². The van der Waals surface area contributed by atoms with E-state index in [1.54, 1.807) is 24.5 Å². The Kier molecular flexibility index (Phi) is 8.10. The molecule has 0 spiro atoms. The van der Waals surface area contributed by atoms with Gasteiger partial charge in [-0.15, -0.1) is 0 Å². The van der Waals surface area contributed by atoms with Crippen LogP contribution in [0.4, 0.5) is 5.82 Å². The highest BCUT2D eigenvalue weighted by Crippen LogP contribution is 2.57. The molecule has 0 saturated carbocycles. The van der Waals surface area contributed by atoms with Crippen LogP contribution in [0.25, 0.3) is 5.65 Å². The molecule has 11 heteroatoms. The average molecular weight is 625 g/mol. The monoisotopic (exact) mass is 624 g/mol. The summed E-state index contributed by atoms with van der Waals surface area (Å²) >= 11 is 0. The first-order chi connectivity index (χ1) is 19.9. The van der Waals surface area contributed by atoms with E-state index in [1.807, 2.05) is 28.8 Å². The number of hydrogen-bond acceptors (Lipinski definition) is 7. The topological polar surface area (TPSA) is 96.2 Å². The maximum Gasteiger partial charge on any atom is 0.349 e. The summed E-state index contributed by atoms with van der Waals surface area (Å²) in [5.41, 5.74) is 1.91. The van der Waals surface area contributed by atoms with Crippen molar-refractivity contribution in [1.82, 2.24) is 14.4 Å². The Morgan fingerprint density at radius 2 is 1.67 bits per heavy atom. The fraction of sp³-hybridized carbons (Fsp3) is 0.594. The molecular formula is C32H48N4O5Si2. The van der Waals surface area contributed by atoms with Crippen molar-refractivity contribution in [3.63, 3.8) is 0 Å². The average Bonchev–Trinajstić information content (AvgIpc) is 3.48. The molecule has 2 aromatic heterocycles. The van der Waals surface area contributed by atoms with Crippen molar-refractivity contribution in [1.29, 1.82) is 0 Å². The quantitative estimate of drug-likeness (QED) is 0.298. The van der Waals surface area contributed by atoms with E-state index in [4.69, 9.17) is 23.0 Å². The van der Waals surface area contributed by atoms with Gasteiger partial charge < -0.3 is 23.3 Å². The molecule has 4 heterocycles. The molecule has 2 aliphatic rings. The summed E-state index contributed by atoms with van der Waals surface area (Å²) in [7, 11) is -5.05. The van der Waals surface area contributed by atoms with Crippen LogP contribution in [0.5, 0.6) is 0 Å². The van der Waals surface area contributed by atoms with Crippen LogP contribution in [0.15, 0.2) is 48.9 Å². The highest BCUT2D eigenvalue weighted by Gasteiger charge is 2.65. The van der Waals surface area contributed by atoms with E-state index in [1.165, 1.54) is 0 Å². The number of carbonyl (C=O) groups excluding carboxylic acids is 1. The highest BCUT2D eigenvalue weighted by atomic mass is 28.4. The number of nitrogens with zero attached hydrogens (tertiary/aromatic N) is 3. The molecule has 3 aromatic rings. The molecular weight excluding hydrogens is 577 g/mol. The Bertz CT molecular complexity index is 1460. The highest BCUT2D eigenvalue weighted by molar-refractivity contribution is 6.74. The normalized spacial score (nSPS) is 24.6. The molecule has 2 aliphatic heterocycles. The van der Waals surface area contributed by atoms with Gasteiger partial charge in [-0.1, -0.05) is 80.5 Å². The van der Waals surface area contributed by atoms with Gasteiger partial charge in [-0.25, -0.2) is 9.97 Å². The van der Waals surface area contributed by atoms with Gasteiger partial charge in [0.15, 0.2) is 19.8 Å². The number of ether oxygens (including phenoxy) is 1. The van der Waals surface area contributed by atoms with E-state index in [9.17, 15) is 4.79 Å². The minimum atomic E-state index is -2.79. The van der Waals surface area contributed by atoms with Gasteiger partial charge in [-0.2, -0.15) is 0 Å². The first kappa shape index (κ1) is 32.0. The lowest BCUT2D eigenvalue weighted by Gasteiger charge is -2.54. The number of aromatic nitrogens is 3. The lowest BCUT2D eigenvalue weighted by Crippen LogP contribution is -2.66. The number of hydrogen-bond donors (Lipinski definition) is 1. The van der Waals surface area contributed by atoms with Crippen LogP contribution >= 0.6 is 0 Å². The summed E-state index contributed by atoms with van der Waals surface area (Å²) in [4.78, 5) is 22.1. The number of rotatable bonds is 5. The summed E-state index contributed by atoms with van der Waals surface area (Å²) in [6, 6.07) is 9.08. The van der Waals surface area contributed by atoms with Crippen molar-refractivity contribution in [2.45, 2.75) is 115 Å². The molecule has 1 N–H and O–H groups in total. The summed E-state index contributed by atoms with van der Waals surface area (Å²) in [6.07, 6.45) is 3.94. The van der Waals surface area contributed by atoms with Gasteiger partial charge in [-0.3, -0.25) is 9.20 Å². The number of anilines is 1. The molecule has 5 rings (SSSR count). The van der Waals surface area contributed by atoms with Crippen molar-refractivity contribution < 1.29 is 22.8 Å². The van der Waals surface area contributed by atoms with Crippen molar-refractivity contribution >= 4 is 34.3 Å². The minimum Gasteiger partial charge on any atom is -0.408 e. The van der Waals surface area contributed by atoms with Crippen molar-refractivity contribution in [3.8, 4) is 0 Å². The molecule has 4 atom stereocenters. The van der Waals surface area contributed by atoms with E-state index >= 15 is 0 Å². The third-order valence-corrected chi connectivity index (χ3v) is 18.9. The molecule has 234 valence electrons. The van der Waals surface area contributed by atoms with Gasteiger partial charge in [0.1, 0.15) is 24.4 Å². The number of amides is 1. The maximum atomic E-state index is 13.0. The van der Waals surface area contributed by atoms with Gasteiger partial charge in [0.2, 0.25) is 0 Å². The maximum absolute atomic E-state index is 13.0. The zero-order valence-corrected chi connectivity index (χ0v) is 29.5. The van der Waals surface area contributed by atoms with Crippen molar-refractivity contribution in [2.75, 3.05) is 11.9 Å². The third-order valence-electron chi connectivity index (χ3n) is 9.29. The van der Waals surface area contributed by atoms with Gasteiger partial charge >= 0.3 is 8.56 Å². The van der Waals surface area contributed by atoms with Crippen LogP contribution in [-0.4, -0.2) is 62.1 Å². The predicted molar refractivity (Wildman–Crippen MR) is 173 cm³/mol. The molecule has 1 unspecified atom stereocenters. The zero-order valence-electron chi connectivity index (χ0n) is 27.5. The largest absolute Gasteiger partial charge is 0.408 e. The number of fused-ring (bicyclic) bond motifs is 2. The molecule has 2 saturated heterocycles. The number of nitrogens with one attached hydrogen (secondary N) is 1. The second kappa shape index (κ2) is 10.9. The molecule has 1 amide bonds. The fourth-order valence-electron chi connectivity index (χ4n) is 6.23. The Balaban J connectivity index is 1.55. The second-order valence-corrected chi connectivity index (χ2v) is 24.9. The lowest BCUT2D eigenvalue weighted by molar-refractivity contribution is -0.0719. The summed E-state index contributed by atoms with van der Waals surface area (Å²) in [5.74, 6) is 0.135. The van der Waals surface area contributed by atoms with Gasteiger partial charge in [0.05, 0.1) is 18.5 Å². The van der Waals surface area contributed by atoms with E-state index in [2.05, 4.69) is 85.7 Å². The SMILES string of the molecule is CC(C)(C)[Si](C)(C)OC1[C@H]2O[Si](C(C)(C)C)(C(C)(C)C)OC[C@H]2O[C@H]1c1cnc2c(NC(=O)c3ccccc3)nccn12. The van der Waals surface area contributed by atoms with Crippen LogP contribution in [0.1, 0.15) is 84.5 Å². The fourth-order valence-corrected chi connectivity index (χ4v) is 12.5. The summed E-state index contributed by atoms with van der Waals surface area (Å²) in [5, 5.41) is 2.58. The van der Waals surface area contributed by atoms with Crippen molar-refractivity contribution in [2.24, 2.45) is 0 Å². The number of benzene rings is 1. The first-order valence-electron chi connectivity index (χ1n) is 15.2. The van der Waals surface area contributed by atoms with E-state index in [-0.39, 0.29) is 39.3 Å². The first-order valence-corrected chi connectivity index (χ1v) is 19.9. The zero-order chi connectivity index (χ0) is 31.6. The van der Waals surface area contributed by atoms with E-state index in [0.29, 0.717) is 23.6 Å². The minimum absolute atomic E-state index is 0.0122. The van der Waals surface area contributed by atoms with Gasteiger partial charge in [0, 0.05) is 28.0 Å². The third kappa shape index (κ3) is 5.64. The Morgan fingerprint density at radius 3 is 2.28 bits per heavy atom. The predicted octanol–water partition coefficient (Wildman–Crippen LogP) is 7.27. The van der Waals surface area contributed by atoms with Crippen LogP contribution in [-0.2, 0) is 18.0 Å². The van der Waals surface area contributed by atoms with Crippen LogP contribution < -0.4 is 5.32 Å². The van der Waals surface area contributed by atoms with Crippen LogP contribution in [0, 0.1) is 0 Å². The van der Waals surface area contributed by atoms with Gasteiger partial charge in [0.25, 0.3) is 5.91 Å². The molecule has 9 nitrogen and oxygen atoms in total. The van der Waals surface area contributed by atoms with Crippen LogP contribution in [0.2, 0.25) is 28.2 Å². The Morgan fingerprint density at radius 1 is 1.02 bits per heavy atom. The molecule has 0 aliphatic carbocycles. The standard InChI is InChI=1S/C32H48N4O5Si2/c1-30(2,3)42(10,11)40-26-24(39-23-20-38-43(31(4,5)6,32(7,8)9)41-25(23)26)22-19-34-28-27(33-17-18-36(22)28)35-29(37)21-15-13-12-14-16-21/h12-19,23-26H,20H2,1-11H3,(H,33,35,37)/t23-,24+,25+,26?/m1/s1. The number of imidazole rings is 1. The Labute approximate surface area is 258 Å². The molecule has 43 heavy (non-hydrogen) atoms. The second-order valence-electron chi connectivity index (χ2n) is 15.4. The van der Waals surface area contributed by atoms with Crippen molar-refractivity contribution in [3.05, 3.63) is 60.2 Å². The lowest BCUT2D eigenvalue weighted by atomic mass is 10.1. The Hall–Kier alpha value is -2.42. The van der Waals surface area contributed by atoms with Crippen LogP contribution in [0.3, 0.4) is 0 Å². The summed E-state index contributed by atoms with van der Waals surface area (Å²) < 4.78 is 30.0. The molecule has 1 aromatic carbocycles. The van der Waals surface area contributed by atoms with E-state index < -0.39 is 23.0 Å². The molecule has 2 fully saturated rings. The molecule has 0 radical (unpaired) electrons. The molecule has 0 bridgehead atoms.